The number of benzene rings is 1. The van der Waals surface area contributed by atoms with Crippen molar-refractivity contribution in [3.63, 3.8) is 0 Å². The summed E-state index contributed by atoms with van der Waals surface area (Å²) in [6.07, 6.45) is 2.10. The second-order valence-corrected chi connectivity index (χ2v) is 4.85. The van der Waals surface area contributed by atoms with E-state index in [0.717, 1.165) is 24.9 Å². The summed E-state index contributed by atoms with van der Waals surface area (Å²) in [5, 5.41) is 21.0. The van der Waals surface area contributed by atoms with E-state index in [2.05, 4.69) is 23.9 Å². The highest BCUT2D eigenvalue weighted by molar-refractivity contribution is 5.97. The Morgan fingerprint density at radius 1 is 1.35 bits per heavy atom. The molecule has 0 bridgehead atoms. The molecule has 0 radical (unpaired) electrons. The number of nitrogens with two attached hydrogens (primary N) is 1. The maximum Gasteiger partial charge on any atom is 0.170 e. The van der Waals surface area contributed by atoms with E-state index in [1.165, 1.54) is 0 Å². The molecule has 0 aliphatic rings. The van der Waals surface area contributed by atoms with Crippen LogP contribution in [0.25, 0.3) is 0 Å². The summed E-state index contributed by atoms with van der Waals surface area (Å²) in [4.78, 5) is 2.27. The van der Waals surface area contributed by atoms with Crippen molar-refractivity contribution in [3.8, 4) is 0 Å². The minimum atomic E-state index is 0.114. The lowest BCUT2D eigenvalue weighted by Gasteiger charge is -2.30. The van der Waals surface area contributed by atoms with Crippen LogP contribution in [0.1, 0.15) is 37.8 Å². The largest absolute Gasteiger partial charge is 0.409 e. The number of aliphatic hydroxyl groups excluding tert-OH is 1. The zero-order valence-corrected chi connectivity index (χ0v) is 12.3. The van der Waals surface area contributed by atoms with Crippen molar-refractivity contribution < 1.29 is 10.3 Å². The lowest BCUT2D eigenvalue weighted by atomic mass is 10.1. The lowest BCUT2D eigenvalue weighted by Crippen LogP contribution is -2.36. The van der Waals surface area contributed by atoms with Crippen LogP contribution in [0.15, 0.2) is 29.4 Å². The summed E-state index contributed by atoms with van der Waals surface area (Å²) in [5.74, 6) is 0.114. The zero-order valence-electron chi connectivity index (χ0n) is 12.3. The van der Waals surface area contributed by atoms with Crippen LogP contribution < -0.4 is 5.73 Å². The topological polar surface area (TPSA) is 82.1 Å². The van der Waals surface area contributed by atoms with Crippen LogP contribution in [0.5, 0.6) is 0 Å². The summed E-state index contributed by atoms with van der Waals surface area (Å²) < 4.78 is 0. The Morgan fingerprint density at radius 3 is 2.60 bits per heavy atom. The Hall–Kier alpha value is -1.59. The molecule has 5 heteroatoms. The Morgan fingerprint density at radius 2 is 2.05 bits per heavy atom. The van der Waals surface area contributed by atoms with E-state index < -0.39 is 0 Å². The van der Waals surface area contributed by atoms with E-state index in [0.29, 0.717) is 18.2 Å². The van der Waals surface area contributed by atoms with E-state index in [4.69, 9.17) is 10.9 Å². The van der Waals surface area contributed by atoms with Gasteiger partial charge in [0.2, 0.25) is 0 Å². The van der Waals surface area contributed by atoms with Crippen LogP contribution in [0.4, 0.5) is 0 Å². The fraction of sp³-hybridized carbons (Fsp3) is 0.533. The van der Waals surface area contributed by atoms with Gasteiger partial charge < -0.3 is 16.0 Å². The Labute approximate surface area is 120 Å². The number of aliphatic hydroxyl groups is 1. The molecule has 0 spiro atoms. The molecule has 20 heavy (non-hydrogen) atoms. The Balaban J connectivity index is 2.88. The quantitative estimate of drug-likeness (QED) is 0.293. The molecule has 5 nitrogen and oxygen atoms in total. The van der Waals surface area contributed by atoms with Gasteiger partial charge in [0.1, 0.15) is 0 Å². The second kappa shape index (κ2) is 8.55. The van der Waals surface area contributed by atoms with E-state index in [-0.39, 0.29) is 12.4 Å². The van der Waals surface area contributed by atoms with Gasteiger partial charge >= 0.3 is 0 Å². The maximum atomic E-state index is 9.22. The smallest absolute Gasteiger partial charge is 0.170 e. The van der Waals surface area contributed by atoms with Gasteiger partial charge in [-0.1, -0.05) is 37.2 Å². The summed E-state index contributed by atoms with van der Waals surface area (Å²) >= 11 is 0. The van der Waals surface area contributed by atoms with Gasteiger partial charge in [0.25, 0.3) is 0 Å². The van der Waals surface area contributed by atoms with Gasteiger partial charge in [-0.25, -0.2) is 0 Å². The van der Waals surface area contributed by atoms with Crippen LogP contribution in [0.3, 0.4) is 0 Å². The molecule has 0 fully saturated rings. The van der Waals surface area contributed by atoms with Crippen LogP contribution in [-0.4, -0.2) is 40.2 Å². The zero-order chi connectivity index (χ0) is 15.0. The molecular formula is C15H25N3O2. The van der Waals surface area contributed by atoms with Crippen molar-refractivity contribution in [2.45, 2.75) is 39.3 Å². The highest BCUT2D eigenvalue weighted by Crippen LogP contribution is 2.14. The van der Waals surface area contributed by atoms with Gasteiger partial charge in [-0.2, -0.15) is 0 Å². The van der Waals surface area contributed by atoms with Crippen LogP contribution in [0, 0.1) is 0 Å². The third-order valence-corrected chi connectivity index (χ3v) is 3.56. The van der Waals surface area contributed by atoms with Gasteiger partial charge in [-0.15, -0.1) is 0 Å². The molecule has 1 aromatic rings. The van der Waals surface area contributed by atoms with Crippen molar-refractivity contribution in [2.75, 3.05) is 13.2 Å². The Bertz CT molecular complexity index is 431. The molecule has 4 N–H and O–H groups in total. The summed E-state index contributed by atoms with van der Waals surface area (Å²) in [5.41, 5.74) is 7.41. The van der Waals surface area contributed by atoms with Crippen LogP contribution >= 0.6 is 0 Å². The molecule has 1 aromatic carbocycles. The molecule has 0 amide bonds. The fourth-order valence-electron chi connectivity index (χ4n) is 2.45. The number of oxime groups is 1. The molecular weight excluding hydrogens is 254 g/mol. The average Bonchev–Trinajstić information content (AvgIpc) is 2.48. The fourth-order valence-corrected chi connectivity index (χ4v) is 2.45. The van der Waals surface area contributed by atoms with E-state index in [1.54, 1.807) is 0 Å². The van der Waals surface area contributed by atoms with E-state index in [9.17, 15) is 5.11 Å². The molecule has 0 saturated heterocycles. The van der Waals surface area contributed by atoms with Crippen molar-refractivity contribution in [1.29, 1.82) is 0 Å². The number of nitrogens with zero attached hydrogens (tertiary/aromatic N) is 2. The maximum absolute atomic E-state index is 9.22. The number of rotatable bonds is 8. The van der Waals surface area contributed by atoms with Crippen LogP contribution in [-0.2, 0) is 6.54 Å². The molecule has 0 unspecified atom stereocenters. The predicted octanol–water partition coefficient (Wildman–Crippen LogP) is 1.76. The van der Waals surface area contributed by atoms with Gasteiger partial charge in [0.15, 0.2) is 5.84 Å². The first-order chi connectivity index (χ1) is 9.65. The predicted molar refractivity (Wildman–Crippen MR) is 80.8 cm³/mol. The lowest BCUT2D eigenvalue weighted by molar-refractivity contribution is 0.136. The highest BCUT2D eigenvalue weighted by Gasteiger charge is 2.15. The SMILES string of the molecule is CCC(CC)N(CCO)Cc1cccc(C(N)=NO)c1. The van der Waals surface area contributed by atoms with Crippen LogP contribution in [0.2, 0.25) is 0 Å². The van der Waals surface area contributed by atoms with Gasteiger partial charge in [-0.05, 0) is 24.5 Å². The number of amidine groups is 1. The molecule has 0 aromatic heterocycles. The van der Waals surface area contributed by atoms with Gasteiger partial charge in [-0.3, -0.25) is 4.90 Å². The van der Waals surface area contributed by atoms with Crippen molar-refractivity contribution in [3.05, 3.63) is 35.4 Å². The molecule has 0 heterocycles. The highest BCUT2D eigenvalue weighted by atomic mass is 16.4. The van der Waals surface area contributed by atoms with Crippen molar-refractivity contribution in [1.82, 2.24) is 4.90 Å². The van der Waals surface area contributed by atoms with Gasteiger partial charge in [0.05, 0.1) is 6.61 Å². The minimum Gasteiger partial charge on any atom is -0.409 e. The summed E-state index contributed by atoms with van der Waals surface area (Å²) in [6.45, 7) is 5.87. The number of hydrogen-bond acceptors (Lipinski definition) is 4. The minimum absolute atomic E-state index is 0.114. The monoisotopic (exact) mass is 279 g/mol. The number of hydrogen-bond donors (Lipinski definition) is 3. The third kappa shape index (κ3) is 4.51. The molecule has 112 valence electrons. The third-order valence-electron chi connectivity index (χ3n) is 3.56. The Kier molecular flexibility index (Phi) is 7.04. The first-order valence-corrected chi connectivity index (χ1v) is 7.07. The average molecular weight is 279 g/mol. The molecule has 0 saturated carbocycles. The van der Waals surface area contributed by atoms with E-state index in [1.807, 2.05) is 24.3 Å². The normalized spacial score (nSPS) is 12.3. The molecule has 1 rings (SSSR count). The van der Waals surface area contributed by atoms with Crippen molar-refractivity contribution >= 4 is 5.84 Å². The molecule has 0 aliphatic carbocycles. The molecule has 0 atom stereocenters. The standard InChI is InChI=1S/C15H25N3O2/c1-3-14(4-2)18(8-9-19)11-12-6-5-7-13(10-12)15(16)17-20/h5-7,10,14,19-20H,3-4,8-9,11H2,1-2H3,(H2,16,17). The first kappa shape index (κ1) is 16.5. The summed E-state index contributed by atoms with van der Waals surface area (Å²) in [6, 6.07) is 8.09. The first-order valence-electron chi connectivity index (χ1n) is 7.07. The van der Waals surface area contributed by atoms with Crippen molar-refractivity contribution in [2.24, 2.45) is 10.9 Å². The second-order valence-electron chi connectivity index (χ2n) is 4.85. The van der Waals surface area contributed by atoms with Gasteiger partial charge in [0, 0.05) is 24.7 Å². The molecule has 0 aliphatic heterocycles. The van der Waals surface area contributed by atoms with E-state index >= 15 is 0 Å². The summed E-state index contributed by atoms with van der Waals surface area (Å²) in [7, 11) is 0.